The predicted molar refractivity (Wildman–Crippen MR) is 173 cm³/mol. The number of hydrogen-bond donors (Lipinski definition) is 1. The number of ether oxygens (including phenoxy) is 1. The summed E-state index contributed by atoms with van der Waals surface area (Å²) in [5.41, 5.74) is -0.532. The number of piperidine rings is 1. The van der Waals surface area contributed by atoms with E-state index in [1.807, 2.05) is 0 Å². The lowest BCUT2D eigenvalue weighted by atomic mass is 10.1. The van der Waals surface area contributed by atoms with Gasteiger partial charge in [0.25, 0.3) is 11.8 Å². The summed E-state index contributed by atoms with van der Waals surface area (Å²) in [6.45, 7) is -0.783. The molecule has 1 unspecified atom stereocenters. The highest BCUT2D eigenvalue weighted by molar-refractivity contribution is 6.30. The molecular formula is C32H33ClF3N9O6. The zero-order chi connectivity index (χ0) is 36.4. The van der Waals surface area contributed by atoms with Crippen LogP contribution in [0.2, 0.25) is 5.02 Å². The summed E-state index contributed by atoms with van der Waals surface area (Å²) in [6.07, 6.45) is -2.91. The first-order chi connectivity index (χ1) is 24.3. The molecule has 4 aromatic rings. The van der Waals surface area contributed by atoms with E-state index in [-0.39, 0.29) is 65.1 Å². The van der Waals surface area contributed by atoms with Gasteiger partial charge < -0.3 is 19.6 Å². The molecule has 270 valence electrons. The van der Waals surface area contributed by atoms with Crippen molar-refractivity contribution in [2.45, 2.75) is 57.1 Å². The number of methoxy groups -OCH3 is 1. The molecule has 15 nitrogen and oxygen atoms in total. The number of carbonyl (C=O) groups is 3. The molecule has 2 aliphatic heterocycles. The molecule has 0 saturated carbocycles. The van der Waals surface area contributed by atoms with Gasteiger partial charge in [-0.2, -0.15) is 13.2 Å². The molecule has 3 aromatic heterocycles. The third kappa shape index (κ3) is 7.57. The molecular weight excluding hydrogens is 699 g/mol. The highest BCUT2D eigenvalue weighted by atomic mass is 35.5. The minimum Gasteiger partial charge on any atom is -0.383 e. The van der Waals surface area contributed by atoms with E-state index in [4.69, 9.17) is 16.3 Å². The summed E-state index contributed by atoms with van der Waals surface area (Å²) in [4.78, 5) is 65.2. The summed E-state index contributed by atoms with van der Waals surface area (Å²) in [5, 5.41) is 18.9. The number of pyridine rings is 1. The number of aliphatic hydroxyl groups is 1. The molecule has 0 radical (unpaired) electrons. The van der Waals surface area contributed by atoms with Crippen molar-refractivity contribution in [2.24, 2.45) is 0 Å². The molecule has 0 spiro atoms. The molecule has 2 aliphatic rings. The van der Waals surface area contributed by atoms with Crippen molar-refractivity contribution in [3.8, 4) is 17.1 Å². The quantitative estimate of drug-likeness (QED) is 0.256. The number of rotatable bonds is 10. The van der Waals surface area contributed by atoms with Gasteiger partial charge in [-0.05, 0) is 49.6 Å². The maximum absolute atomic E-state index is 13.9. The molecule has 2 saturated heterocycles. The van der Waals surface area contributed by atoms with Crippen LogP contribution in [0.15, 0.2) is 47.5 Å². The second-order valence-corrected chi connectivity index (χ2v) is 12.7. The van der Waals surface area contributed by atoms with Gasteiger partial charge in [-0.25, -0.2) is 19.1 Å². The molecule has 2 atom stereocenters. The Balaban J connectivity index is 1.43. The first-order valence-electron chi connectivity index (χ1n) is 16.0. The summed E-state index contributed by atoms with van der Waals surface area (Å²) in [5.74, 6) is -1.82. The average Bonchev–Trinajstić information content (AvgIpc) is 3.82. The van der Waals surface area contributed by atoms with Crippen LogP contribution in [0.25, 0.3) is 17.1 Å². The van der Waals surface area contributed by atoms with E-state index in [9.17, 15) is 37.5 Å². The predicted octanol–water partition coefficient (Wildman–Crippen LogP) is 2.37. The Hall–Kier alpha value is -4.94. The smallest absolute Gasteiger partial charge is 0.383 e. The minimum atomic E-state index is -5.03. The lowest BCUT2D eigenvalue weighted by Gasteiger charge is -2.26. The Morgan fingerprint density at radius 3 is 2.55 bits per heavy atom. The van der Waals surface area contributed by atoms with E-state index < -0.39 is 37.0 Å². The maximum atomic E-state index is 13.9. The Labute approximate surface area is 293 Å². The molecule has 1 N–H and O–H groups in total. The number of alkyl halides is 3. The van der Waals surface area contributed by atoms with Crippen LogP contribution < -0.4 is 5.69 Å². The number of aliphatic hydroxyl groups excluding tert-OH is 1. The van der Waals surface area contributed by atoms with E-state index in [2.05, 4.69) is 20.2 Å². The van der Waals surface area contributed by atoms with Crippen molar-refractivity contribution in [1.29, 1.82) is 0 Å². The Morgan fingerprint density at radius 1 is 1.08 bits per heavy atom. The third-order valence-electron chi connectivity index (χ3n) is 8.69. The van der Waals surface area contributed by atoms with Crippen LogP contribution in [0.5, 0.6) is 0 Å². The topological polar surface area (TPSA) is 171 Å². The van der Waals surface area contributed by atoms with Gasteiger partial charge in [-0.15, -0.1) is 10.2 Å². The molecule has 5 heterocycles. The highest BCUT2D eigenvalue weighted by Crippen LogP contribution is 2.26. The van der Waals surface area contributed by atoms with Gasteiger partial charge in [0.05, 0.1) is 43.2 Å². The summed E-state index contributed by atoms with van der Waals surface area (Å²) in [6, 6.07) is 7.13. The number of aromatic nitrogens is 7. The van der Waals surface area contributed by atoms with Crippen LogP contribution in [0.1, 0.15) is 52.5 Å². The van der Waals surface area contributed by atoms with Crippen molar-refractivity contribution in [1.82, 2.24) is 43.9 Å². The number of amides is 2. The van der Waals surface area contributed by atoms with Gasteiger partial charge in [-0.1, -0.05) is 11.6 Å². The van der Waals surface area contributed by atoms with Crippen molar-refractivity contribution >= 4 is 29.2 Å². The standard InChI is InChI=1S/C32H33ClF3N9O6/c1-51-18-21-4-2-13-42(21)29(48)23-10-11-37-14-24(23)45-28(30(49)41-12-3-5-22(46)15-41)38-26(39-45)17-44-31(50)43(16-25(47)32(34,35)36)27(40-44)19-6-8-20(33)9-7-19/h6-11,14,21,25,47H,2-5,12-13,15-18H2,1H3/t21?,25-/m0/s1. The van der Waals surface area contributed by atoms with Crippen LogP contribution >= 0.6 is 11.6 Å². The van der Waals surface area contributed by atoms with Gasteiger partial charge in [0.1, 0.15) is 6.54 Å². The van der Waals surface area contributed by atoms with E-state index in [0.29, 0.717) is 35.6 Å². The van der Waals surface area contributed by atoms with E-state index in [1.165, 1.54) is 47.6 Å². The molecule has 1 aromatic carbocycles. The molecule has 19 heteroatoms. The van der Waals surface area contributed by atoms with Gasteiger partial charge >= 0.3 is 11.9 Å². The van der Waals surface area contributed by atoms with Gasteiger partial charge in [0.15, 0.2) is 23.5 Å². The van der Waals surface area contributed by atoms with E-state index in [0.717, 1.165) is 22.2 Å². The van der Waals surface area contributed by atoms with Crippen molar-refractivity contribution in [3.05, 3.63) is 75.4 Å². The molecule has 51 heavy (non-hydrogen) atoms. The van der Waals surface area contributed by atoms with Crippen LogP contribution in [0.4, 0.5) is 13.2 Å². The largest absolute Gasteiger partial charge is 0.416 e. The molecule has 2 amide bonds. The van der Waals surface area contributed by atoms with Crippen molar-refractivity contribution in [3.63, 3.8) is 0 Å². The Kier molecular flexibility index (Phi) is 10.4. The second-order valence-electron chi connectivity index (χ2n) is 12.2. The average molecular weight is 732 g/mol. The summed E-state index contributed by atoms with van der Waals surface area (Å²) in [7, 11) is 1.55. The lowest BCUT2D eigenvalue weighted by Crippen LogP contribution is -2.41. The summed E-state index contributed by atoms with van der Waals surface area (Å²) < 4.78 is 48.1. The highest BCUT2D eigenvalue weighted by Gasteiger charge is 2.40. The number of carbonyl (C=O) groups excluding carboxylic acids is 3. The SMILES string of the molecule is COCC1CCCN1C(=O)c1ccncc1-n1nc(Cn2nc(-c3ccc(Cl)cc3)n(C[C@H](O)C(F)(F)F)c2=O)nc1C(=O)N1CCCC(=O)C1. The number of Topliss-reactive ketones (excluding diaryl/α,β-unsaturated/α-hetero) is 1. The van der Waals surface area contributed by atoms with E-state index in [1.54, 1.807) is 12.0 Å². The fourth-order valence-electron chi connectivity index (χ4n) is 6.17. The van der Waals surface area contributed by atoms with E-state index >= 15 is 0 Å². The second kappa shape index (κ2) is 14.7. The zero-order valence-corrected chi connectivity index (χ0v) is 28.0. The third-order valence-corrected chi connectivity index (χ3v) is 8.94. The Morgan fingerprint density at radius 2 is 1.84 bits per heavy atom. The first kappa shape index (κ1) is 35.9. The fourth-order valence-corrected chi connectivity index (χ4v) is 6.30. The number of hydrogen-bond acceptors (Lipinski definition) is 10. The van der Waals surface area contributed by atoms with Gasteiger partial charge in [-0.3, -0.25) is 23.9 Å². The van der Waals surface area contributed by atoms with Gasteiger partial charge in [0.2, 0.25) is 5.82 Å². The minimum absolute atomic E-state index is 0.101. The lowest BCUT2D eigenvalue weighted by molar-refractivity contribution is -0.207. The molecule has 0 aliphatic carbocycles. The maximum Gasteiger partial charge on any atom is 0.416 e. The number of ketones is 1. The normalized spacial score (nSPS) is 17.3. The number of halogens is 4. The number of likely N-dealkylation sites (tertiary alicyclic amines) is 2. The fraction of sp³-hybridized carbons (Fsp3) is 0.438. The summed E-state index contributed by atoms with van der Waals surface area (Å²) >= 11 is 5.99. The monoisotopic (exact) mass is 731 g/mol. The van der Waals surface area contributed by atoms with Gasteiger partial charge in [0, 0.05) is 43.4 Å². The first-order valence-corrected chi connectivity index (χ1v) is 16.4. The van der Waals surface area contributed by atoms with Crippen LogP contribution in [0.3, 0.4) is 0 Å². The number of nitrogens with zero attached hydrogens (tertiary/aromatic N) is 9. The number of benzene rings is 1. The van der Waals surface area contributed by atoms with Crippen LogP contribution in [0, 0.1) is 0 Å². The van der Waals surface area contributed by atoms with Crippen molar-refractivity contribution < 1.29 is 37.4 Å². The molecule has 6 rings (SSSR count). The van der Waals surface area contributed by atoms with Crippen LogP contribution in [-0.2, 0) is 22.6 Å². The van der Waals surface area contributed by atoms with Crippen molar-refractivity contribution in [2.75, 3.05) is 33.4 Å². The molecule has 0 bridgehead atoms. The molecule has 2 fully saturated rings. The zero-order valence-electron chi connectivity index (χ0n) is 27.3. The van der Waals surface area contributed by atoms with Crippen LogP contribution in [-0.4, -0.2) is 118 Å². The Bertz CT molecular complexity index is 1990.